The van der Waals surface area contributed by atoms with E-state index in [9.17, 15) is 4.79 Å². The van der Waals surface area contributed by atoms with Crippen LogP contribution in [-0.4, -0.2) is 20.8 Å². The van der Waals surface area contributed by atoms with E-state index in [2.05, 4.69) is 15.5 Å². The molecule has 0 saturated heterocycles. The Kier molecular flexibility index (Phi) is 5.04. The molecule has 0 saturated carbocycles. The molecule has 25 heavy (non-hydrogen) atoms. The minimum Gasteiger partial charge on any atom is -0.336 e. The Hall–Kier alpha value is -2.80. The van der Waals surface area contributed by atoms with E-state index in [0.29, 0.717) is 11.0 Å². The third kappa shape index (κ3) is 4.00. The molecule has 1 unspecified atom stereocenters. The van der Waals surface area contributed by atoms with Crippen molar-refractivity contribution in [1.82, 2.24) is 14.9 Å². The number of aromatic nitrogens is 3. The first-order chi connectivity index (χ1) is 12.0. The SMILES string of the molecule is Cc1ccc(NC(=O)C(Sc2nnc(C)n2N)c2ccccc2)cc1. The van der Waals surface area contributed by atoms with E-state index in [4.69, 9.17) is 5.84 Å². The Morgan fingerprint density at radius 1 is 1.08 bits per heavy atom. The lowest BCUT2D eigenvalue weighted by Gasteiger charge is -2.16. The second-order valence-corrected chi connectivity index (χ2v) is 6.74. The van der Waals surface area contributed by atoms with Crippen molar-refractivity contribution in [2.75, 3.05) is 11.2 Å². The van der Waals surface area contributed by atoms with E-state index in [0.717, 1.165) is 16.8 Å². The van der Waals surface area contributed by atoms with E-state index in [1.807, 2.05) is 61.5 Å². The van der Waals surface area contributed by atoms with Crippen molar-refractivity contribution in [2.24, 2.45) is 0 Å². The summed E-state index contributed by atoms with van der Waals surface area (Å²) in [5, 5.41) is 11.0. The second-order valence-electron chi connectivity index (χ2n) is 5.66. The number of anilines is 1. The maximum absolute atomic E-state index is 12.9. The molecule has 0 fully saturated rings. The van der Waals surface area contributed by atoms with E-state index in [1.165, 1.54) is 16.4 Å². The molecule has 0 bridgehead atoms. The molecule has 6 nitrogen and oxygen atoms in total. The van der Waals surface area contributed by atoms with Crippen LogP contribution in [0.2, 0.25) is 0 Å². The summed E-state index contributed by atoms with van der Waals surface area (Å²) in [6.07, 6.45) is 0. The normalized spacial score (nSPS) is 11.9. The molecule has 0 aliphatic rings. The number of carbonyl (C=O) groups excluding carboxylic acids is 1. The van der Waals surface area contributed by atoms with Gasteiger partial charge in [-0.05, 0) is 31.5 Å². The number of nitrogen functional groups attached to an aromatic ring is 1. The number of benzene rings is 2. The number of nitrogens with two attached hydrogens (primary N) is 1. The summed E-state index contributed by atoms with van der Waals surface area (Å²) in [5.74, 6) is 6.39. The average molecular weight is 353 g/mol. The quantitative estimate of drug-likeness (QED) is 0.544. The molecule has 3 N–H and O–H groups in total. The van der Waals surface area contributed by atoms with Crippen molar-refractivity contribution < 1.29 is 4.79 Å². The predicted octanol–water partition coefficient (Wildman–Crippen LogP) is 3.08. The van der Waals surface area contributed by atoms with Gasteiger partial charge in [0.2, 0.25) is 11.1 Å². The van der Waals surface area contributed by atoms with Gasteiger partial charge in [0.25, 0.3) is 0 Å². The van der Waals surface area contributed by atoms with Crippen LogP contribution in [0.1, 0.15) is 22.2 Å². The minimum absolute atomic E-state index is 0.138. The fraction of sp³-hybridized carbons (Fsp3) is 0.167. The first-order valence-electron chi connectivity index (χ1n) is 7.81. The van der Waals surface area contributed by atoms with Crippen molar-refractivity contribution in [3.63, 3.8) is 0 Å². The van der Waals surface area contributed by atoms with Crippen LogP contribution in [0, 0.1) is 13.8 Å². The highest BCUT2D eigenvalue weighted by molar-refractivity contribution is 8.00. The van der Waals surface area contributed by atoms with Crippen LogP contribution >= 0.6 is 11.8 Å². The van der Waals surface area contributed by atoms with Crippen LogP contribution in [0.3, 0.4) is 0 Å². The number of carbonyl (C=O) groups is 1. The summed E-state index contributed by atoms with van der Waals surface area (Å²) in [6.45, 7) is 3.77. The molecule has 128 valence electrons. The van der Waals surface area contributed by atoms with E-state index >= 15 is 0 Å². The molecule has 0 radical (unpaired) electrons. The molecule has 1 amide bonds. The summed E-state index contributed by atoms with van der Waals surface area (Å²) in [7, 11) is 0. The zero-order chi connectivity index (χ0) is 17.8. The molecule has 0 spiro atoms. The van der Waals surface area contributed by atoms with Gasteiger partial charge in [0.15, 0.2) is 0 Å². The number of thioether (sulfide) groups is 1. The highest BCUT2D eigenvalue weighted by atomic mass is 32.2. The maximum Gasteiger partial charge on any atom is 0.242 e. The number of nitrogens with zero attached hydrogens (tertiary/aromatic N) is 3. The summed E-state index contributed by atoms with van der Waals surface area (Å²) in [6, 6.07) is 17.2. The van der Waals surface area contributed by atoms with E-state index < -0.39 is 5.25 Å². The Morgan fingerprint density at radius 2 is 1.76 bits per heavy atom. The fourth-order valence-corrected chi connectivity index (χ4v) is 3.28. The number of nitrogens with one attached hydrogen (secondary N) is 1. The molecule has 3 aromatic rings. The van der Waals surface area contributed by atoms with Gasteiger partial charge < -0.3 is 11.2 Å². The van der Waals surface area contributed by atoms with Gasteiger partial charge in [-0.3, -0.25) is 4.79 Å². The van der Waals surface area contributed by atoms with Gasteiger partial charge in [0.05, 0.1) is 0 Å². The van der Waals surface area contributed by atoms with Crippen LogP contribution in [0.25, 0.3) is 0 Å². The summed E-state index contributed by atoms with van der Waals surface area (Å²) in [4.78, 5) is 12.9. The smallest absolute Gasteiger partial charge is 0.242 e. The zero-order valence-corrected chi connectivity index (χ0v) is 14.8. The molecule has 0 aliphatic heterocycles. The minimum atomic E-state index is -0.492. The third-order valence-corrected chi connectivity index (χ3v) is 4.93. The van der Waals surface area contributed by atoms with E-state index in [-0.39, 0.29) is 5.91 Å². The standard InChI is InChI=1S/C18H19N5OS/c1-12-8-10-15(11-9-12)20-17(24)16(14-6-4-3-5-7-14)25-18-22-21-13(2)23(18)19/h3-11,16H,19H2,1-2H3,(H,20,24). The largest absolute Gasteiger partial charge is 0.336 e. The van der Waals surface area contributed by atoms with Gasteiger partial charge in [-0.1, -0.05) is 59.8 Å². The fourth-order valence-electron chi connectivity index (χ4n) is 2.28. The predicted molar refractivity (Wildman–Crippen MR) is 99.8 cm³/mol. The molecule has 3 rings (SSSR count). The van der Waals surface area contributed by atoms with Crippen molar-refractivity contribution in [3.8, 4) is 0 Å². The molecular weight excluding hydrogens is 334 g/mol. The molecule has 1 atom stereocenters. The van der Waals surface area contributed by atoms with Gasteiger partial charge in [-0.15, -0.1) is 10.2 Å². The van der Waals surface area contributed by atoms with Crippen LogP contribution in [-0.2, 0) is 4.79 Å². The molecule has 1 heterocycles. The Balaban J connectivity index is 1.86. The van der Waals surface area contributed by atoms with Crippen LogP contribution in [0.15, 0.2) is 59.8 Å². The topological polar surface area (TPSA) is 85.8 Å². The third-order valence-electron chi connectivity index (χ3n) is 3.72. The zero-order valence-electron chi connectivity index (χ0n) is 14.0. The number of hydrogen-bond acceptors (Lipinski definition) is 5. The van der Waals surface area contributed by atoms with Gasteiger partial charge in [0, 0.05) is 5.69 Å². The second kappa shape index (κ2) is 7.40. The van der Waals surface area contributed by atoms with Crippen molar-refractivity contribution in [1.29, 1.82) is 0 Å². The van der Waals surface area contributed by atoms with Gasteiger partial charge in [0.1, 0.15) is 11.1 Å². The maximum atomic E-state index is 12.9. The van der Waals surface area contributed by atoms with Crippen LogP contribution < -0.4 is 11.2 Å². The van der Waals surface area contributed by atoms with Gasteiger partial charge in [-0.25, -0.2) is 4.68 Å². The van der Waals surface area contributed by atoms with Gasteiger partial charge >= 0.3 is 0 Å². The van der Waals surface area contributed by atoms with Gasteiger partial charge in [-0.2, -0.15) is 0 Å². The first-order valence-corrected chi connectivity index (χ1v) is 8.69. The number of aryl methyl sites for hydroxylation is 2. The summed E-state index contributed by atoms with van der Waals surface area (Å²) >= 11 is 1.27. The van der Waals surface area contributed by atoms with Crippen LogP contribution in [0.4, 0.5) is 5.69 Å². The summed E-state index contributed by atoms with van der Waals surface area (Å²) in [5.41, 5.74) is 2.76. The van der Waals surface area contributed by atoms with Crippen molar-refractivity contribution in [2.45, 2.75) is 24.3 Å². The molecular formula is C18H19N5OS. The molecule has 0 aliphatic carbocycles. The molecule has 7 heteroatoms. The highest BCUT2D eigenvalue weighted by Gasteiger charge is 2.25. The Morgan fingerprint density at radius 3 is 2.36 bits per heavy atom. The molecule has 2 aromatic carbocycles. The van der Waals surface area contributed by atoms with Crippen LogP contribution in [0.5, 0.6) is 0 Å². The Labute approximate surface area is 150 Å². The molecule has 1 aromatic heterocycles. The lowest BCUT2D eigenvalue weighted by atomic mass is 10.1. The lowest BCUT2D eigenvalue weighted by Crippen LogP contribution is -2.20. The number of amides is 1. The lowest BCUT2D eigenvalue weighted by molar-refractivity contribution is -0.115. The number of rotatable bonds is 5. The first kappa shape index (κ1) is 17.0. The van der Waals surface area contributed by atoms with Crippen molar-refractivity contribution >= 4 is 23.4 Å². The van der Waals surface area contributed by atoms with E-state index in [1.54, 1.807) is 6.92 Å². The highest BCUT2D eigenvalue weighted by Crippen LogP contribution is 2.35. The summed E-state index contributed by atoms with van der Waals surface area (Å²) < 4.78 is 1.39. The number of hydrogen-bond donors (Lipinski definition) is 2. The van der Waals surface area contributed by atoms with Crippen molar-refractivity contribution in [3.05, 3.63) is 71.5 Å². The average Bonchev–Trinajstić information content (AvgIpc) is 2.94. The monoisotopic (exact) mass is 353 g/mol. The Bertz CT molecular complexity index is 861.